The van der Waals surface area contributed by atoms with Crippen molar-refractivity contribution < 1.29 is 4.74 Å². The largest absolute Gasteiger partial charge is 0.393 e. The average Bonchev–Trinajstić information content (AvgIpc) is 2.74. The van der Waals surface area contributed by atoms with Crippen molar-refractivity contribution in [3.05, 3.63) is 0 Å². The fourth-order valence-electron chi connectivity index (χ4n) is 2.71. The monoisotopic (exact) mass is 274 g/mol. The summed E-state index contributed by atoms with van der Waals surface area (Å²) in [7, 11) is 2.18. The van der Waals surface area contributed by atoms with Crippen molar-refractivity contribution in [1.82, 2.24) is 4.90 Å². The number of nitrogens with two attached hydrogens (primary N) is 1. The summed E-state index contributed by atoms with van der Waals surface area (Å²) in [5.74, 6) is 2.43. The Labute approximate surface area is 113 Å². The lowest BCUT2D eigenvalue weighted by molar-refractivity contribution is -0.0860. The number of hydrogen-bond acceptors (Lipinski definition) is 4. The van der Waals surface area contributed by atoms with Crippen LogP contribution in [0.2, 0.25) is 0 Å². The van der Waals surface area contributed by atoms with E-state index in [0.29, 0.717) is 11.0 Å². The van der Waals surface area contributed by atoms with Crippen molar-refractivity contribution in [3.8, 4) is 0 Å². The molecule has 2 N–H and O–H groups in total. The molecule has 0 saturated carbocycles. The maximum atomic E-state index is 6.03. The molecule has 0 aromatic rings. The summed E-state index contributed by atoms with van der Waals surface area (Å²) < 4.78 is 6.03. The first kappa shape index (κ1) is 13.6. The molecule has 0 bridgehead atoms. The molecule has 2 rings (SSSR count). The fraction of sp³-hybridized carbons (Fsp3) is 0.917. The molecule has 17 heavy (non-hydrogen) atoms. The topological polar surface area (TPSA) is 38.5 Å². The molecule has 2 aliphatic rings. The lowest BCUT2D eigenvalue weighted by Gasteiger charge is -2.41. The first-order chi connectivity index (χ1) is 8.11. The first-order valence-electron chi connectivity index (χ1n) is 6.32. The Morgan fingerprint density at radius 1 is 1.65 bits per heavy atom. The predicted octanol–water partition coefficient (Wildman–Crippen LogP) is 1.65. The van der Waals surface area contributed by atoms with Crippen molar-refractivity contribution in [1.29, 1.82) is 0 Å². The van der Waals surface area contributed by atoms with Gasteiger partial charge < -0.3 is 15.4 Å². The van der Waals surface area contributed by atoms with Gasteiger partial charge in [-0.2, -0.15) is 11.8 Å². The van der Waals surface area contributed by atoms with E-state index in [0.717, 1.165) is 26.0 Å². The summed E-state index contributed by atoms with van der Waals surface area (Å²) >= 11 is 6.97. The zero-order chi connectivity index (χ0) is 12.3. The molecule has 3 nitrogen and oxygen atoms in total. The quantitative estimate of drug-likeness (QED) is 0.789. The number of ether oxygens (including phenoxy) is 1. The zero-order valence-electron chi connectivity index (χ0n) is 10.5. The maximum absolute atomic E-state index is 6.03. The summed E-state index contributed by atoms with van der Waals surface area (Å²) in [4.78, 5) is 3.03. The van der Waals surface area contributed by atoms with Gasteiger partial charge in [-0.25, -0.2) is 0 Å². The highest BCUT2D eigenvalue weighted by Gasteiger charge is 2.41. The number of rotatable bonds is 4. The average molecular weight is 274 g/mol. The molecule has 2 saturated heterocycles. The maximum Gasteiger partial charge on any atom is 0.0795 e. The molecule has 0 aliphatic carbocycles. The van der Waals surface area contributed by atoms with Gasteiger partial charge in [-0.1, -0.05) is 12.2 Å². The predicted molar refractivity (Wildman–Crippen MR) is 77.7 cm³/mol. The van der Waals surface area contributed by atoms with Crippen LogP contribution in [0, 0.1) is 0 Å². The molecule has 0 aromatic carbocycles. The Balaban J connectivity index is 1.85. The minimum Gasteiger partial charge on any atom is -0.393 e. The summed E-state index contributed by atoms with van der Waals surface area (Å²) in [5, 5.41) is 0. The van der Waals surface area contributed by atoms with Crippen LogP contribution >= 0.6 is 24.0 Å². The summed E-state index contributed by atoms with van der Waals surface area (Å²) in [6, 6.07) is 0.636. The van der Waals surface area contributed by atoms with Gasteiger partial charge in [-0.3, -0.25) is 0 Å². The second-order valence-corrected chi connectivity index (χ2v) is 6.81. The Bertz CT molecular complexity index is 280. The van der Waals surface area contributed by atoms with E-state index in [1.165, 1.54) is 24.3 Å². The third-order valence-electron chi connectivity index (χ3n) is 3.87. The zero-order valence-corrected chi connectivity index (χ0v) is 12.1. The highest BCUT2D eigenvalue weighted by atomic mass is 32.2. The minimum atomic E-state index is 0.172. The second-order valence-electron chi connectivity index (χ2n) is 5.18. The fourth-order valence-corrected chi connectivity index (χ4v) is 4.18. The SMILES string of the molecule is CN(CCC(N)=S)C1CCOC2(CCSC2)C1. The molecule has 2 fully saturated rings. The normalized spacial score (nSPS) is 33.4. The lowest BCUT2D eigenvalue weighted by Crippen LogP contribution is -2.48. The standard InChI is InChI=1S/C12H22N2OS2/c1-14(5-2-11(13)16)10-3-6-15-12(8-10)4-7-17-9-12/h10H,2-9H2,1H3,(H2,13,16). The number of hydrogen-bond donors (Lipinski definition) is 1. The van der Waals surface area contributed by atoms with E-state index in [1.54, 1.807) is 0 Å². The van der Waals surface area contributed by atoms with Crippen molar-refractivity contribution in [2.75, 3.05) is 31.7 Å². The third-order valence-corrected chi connectivity index (χ3v) is 5.30. The second kappa shape index (κ2) is 5.87. The molecule has 2 unspecified atom stereocenters. The summed E-state index contributed by atoms with van der Waals surface area (Å²) in [6.45, 7) is 1.88. The highest BCUT2D eigenvalue weighted by molar-refractivity contribution is 7.99. The molecule has 0 radical (unpaired) electrons. The van der Waals surface area contributed by atoms with Crippen LogP contribution in [0.15, 0.2) is 0 Å². The van der Waals surface area contributed by atoms with Crippen molar-refractivity contribution >= 4 is 29.0 Å². The van der Waals surface area contributed by atoms with E-state index >= 15 is 0 Å². The van der Waals surface area contributed by atoms with E-state index in [4.69, 9.17) is 22.7 Å². The molecule has 2 aliphatic heterocycles. The molecule has 2 heterocycles. The Morgan fingerprint density at radius 3 is 3.12 bits per heavy atom. The van der Waals surface area contributed by atoms with Gasteiger partial charge in [0.25, 0.3) is 0 Å². The van der Waals surface area contributed by atoms with Crippen LogP contribution in [-0.4, -0.2) is 53.2 Å². The molecule has 1 spiro atoms. The van der Waals surface area contributed by atoms with Crippen molar-refractivity contribution in [3.63, 3.8) is 0 Å². The van der Waals surface area contributed by atoms with E-state index in [9.17, 15) is 0 Å². The number of thioether (sulfide) groups is 1. The number of nitrogens with zero attached hydrogens (tertiary/aromatic N) is 1. The third kappa shape index (κ3) is 3.56. The van der Waals surface area contributed by atoms with Crippen molar-refractivity contribution in [2.24, 2.45) is 5.73 Å². The van der Waals surface area contributed by atoms with Gasteiger partial charge in [0.05, 0.1) is 10.6 Å². The summed E-state index contributed by atoms with van der Waals surface area (Å²) in [5.41, 5.74) is 5.73. The Hall–Kier alpha value is 0.160. The van der Waals surface area contributed by atoms with Crippen LogP contribution in [0.5, 0.6) is 0 Å². The van der Waals surface area contributed by atoms with Crippen LogP contribution in [0.4, 0.5) is 0 Å². The molecular formula is C12H22N2OS2. The molecular weight excluding hydrogens is 252 g/mol. The van der Waals surface area contributed by atoms with Gasteiger partial charge in [0, 0.05) is 31.4 Å². The number of thiocarbonyl (C=S) groups is 1. The van der Waals surface area contributed by atoms with Gasteiger partial charge in [-0.15, -0.1) is 0 Å². The van der Waals surface area contributed by atoms with Gasteiger partial charge in [0.15, 0.2) is 0 Å². The van der Waals surface area contributed by atoms with E-state index < -0.39 is 0 Å². The smallest absolute Gasteiger partial charge is 0.0795 e. The van der Waals surface area contributed by atoms with Gasteiger partial charge in [0.1, 0.15) is 0 Å². The van der Waals surface area contributed by atoms with Crippen LogP contribution in [0.3, 0.4) is 0 Å². The van der Waals surface area contributed by atoms with Gasteiger partial charge >= 0.3 is 0 Å². The van der Waals surface area contributed by atoms with E-state index in [-0.39, 0.29) is 5.60 Å². The first-order valence-corrected chi connectivity index (χ1v) is 7.88. The lowest BCUT2D eigenvalue weighted by atomic mass is 9.89. The molecule has 5 heteroatoms. The molecule has 2 atom stereocenters. The van der Waals surface area contributed by atoms with Crippen molar-refractivity contribution in [2.45, 2.75) is 37.3 Å². The minimum absolute atomic E-state index is 0.172. The molecule has 0 amide bonds. The van der Waals surface area contributed by atoms with Gasteiger partial charge in [-0.05, 0) is 32.1 Å². The van der Waals surface area contributed by atoms with E-state index in [2.05, 4.69) is 11.9 Å². The molecule has 98 valence electrons. The van der Waals surface area contributed by atoms with Crippen LogP contribution in [0.25, 0.3) is 0 Å². The van der Waals surface area contributed by atoms with Gasteiger partial charge in [0.2, 0.25) is 0 Å². The van der Waals surface area contributed by atoms with E-state index in [1.807, 2.05) is 11.8 Å². The van der Waals surface area contributed by atoms with Crippen LogP contribution in [0.1, 0.15) is 25.7 Å². The molecule has 0 aromatic heterocycles. The Morgan fingerprint density at radius 2 is 2.47 bits per heavy atom. The van der Waals surface area contributed by atoms with Crippen LogP contribution in [-0.2, 0) is 4.74 Å². The summed E-state index contributed by atoms with van der Waals surface area (Å²) in [6.07, 6.45) is 4.36. The Kier molecular flexibility index (Phi) is 4.69. The highest BCUT2D eigenvalue weighted by Crippen LogP contribution is 2.39. The van der Waals surface area contributed by atoms with Crippen LogP contribution < -0.4 is 5.73 Å².